The number of methoxy groups -OCH3 is 3. The molecule has 0 radical (unpaired) electrons. The summed E-state index contributed by atoms with van der Waals surface area (Å²) in [4.78, 5) is 20.8. The summed E-state index contributed by atoms with van der Waals surface area (Å²) < 4.78 is 15.8. The third-order valence-corrected chi connectivity index (χ3v) is 3.95. The van der Waals surface area contributed by atoms with Crippen molar-refractivity contribution in [3.8, 4) is 17.2 Å². The van der Waals surface area contributed by atoms with E-state index in [0.29, 0.717) is 28.0 Å². The number of hydrogen-bond donors (Lipinski definition) is 0. The molecule has 122 valence electrons. The molecule has 0 aliphatic carbocycles. The lowest BCUT2D eigenvalue weighted by Crippen LogP contribution is -2.05. The highest BCUT2D eigenvalue weighted by atomic mass is 32.2. The van der Waals surface area contributed by atoms with E-state index in [1.54, 1.807) is 18.3 Å². The van der Waals surface area contributed by atoms with Crippen molar-refractivity contribution < 1.29 is 19.0 Å². The standard InChI is InChI=1S/C16H18N2O4S/c1-10-5-6-17-16(18-10)23-9-12(19)11-7-13(20-2)15(22-4)14(8-11)21-3/h5-8H,9H2,1-4H3. The molecule has 0 unspecified atom stereocenters. The number of hydrogen-bond acceptors (Lipinski definition) is 7. The summed E-state index contributed by atoms with van der Waals surface area (Å²) in [6.45, 7) is 1.88. The molecule has 1 heterocycles. The number of aromatic nitrogens is 2. The number of rotatable bonds is 7. The quantitative estimate of drug-likeness (QED) is 0.438. The van der Waals surface area contributed by atoms with Gasteiger partial charge in [0.15, 0.2) is 22.4 Å². The smallest absolute Gasteiger partial charge is 0.203 e. The van der Waals surface area contributed by atoms with Crippen molar-refractivity contribution >= 4 is 17.5 Å². The summed E-state index contributed by atoms with van der Waals surface area (Å²) in [5.74, 6) is 1.52. The van der Waals surface area contributed by atoms with Gasteiger partial charge in [-0.2, -0.15) is 0 Å². The Hall–Kier alpha value is -2.28. The van der Waals surface area contributed by atoms with Crippen LogP contribution in [0.25, 0.3) is 0 Å². The maximum Gasteiger partial charge on any atom is 0.203 e. The van der Waals surface area contributed by atoms with Gasteiger partial charge in [-0.15, -0.1) is 0 Å². The highest BCUT2D eigenvalue weighted by Crippen LogP contribution is 2.38. The number of aryl methyl sites for hydroxylation is 1. The van der Waals surface area contributed by atoms with Crippen LogP contribution in [0, 0.1) is 6.92 Å². The predicted molar refractivity (Wildman–Crippen MR) is 87.9 cm³/mol. The molecule has 0 bridgehead atoms. The molecule has 0 aliphatic rings. The Labute approximate surface area is 139 Å². The monoisotopic (exact) mass is 334 g/mol. The molecule has 0 saturated heterocycles. The highest BCUT2D eigenvalue weighted by molar-refractivity contribution is 7.99. The first-order valence-corrected chi connectivity index (χ1v) is 7.83. The number of ketones is 1. The second-order valence-corrected chi connectivity index (χ2v) is 5.55. The molecule has 2 aromatic rings. The van der Waals surface area contributed by atoms with Gasteiger partial charge >= 0.3 is 0 Å². The Morgan fingerprint density at radius 3 is 2.30 bits per heavy atom. The van der Waals surface area contributed by atoms with Crippen molar-refractivity contribution in [1.82, 2.24) is 9.97 Å². The van der Waals surface area contributed by atoms with E-state index in [2.05, 4.69) is 9.97 Å². The first kappa shape index (κ1) is 17.1. The normalized spacial score (nSPS) is 10.3. The SMILES string of the molecule is COc1cc(C(=O)CSc2nccc(C)n2)cc(OC)c1OC. The zero-order valence-electron chi connectivity index (χ0n) is 13.5. The van der Waals surface area contributed by atoms with E-state index in [1.165, 1.54) is 33.1 Å². The second kappa shape index (κ2) is 7.82. The summed E-state index contributed by atoms with van der Waals surface area (Å²) in [5, 5.41) is 0.575. The van der Waals surface area contributed by atoms with Crippen LogP contribution in [-0.2, 0) is 0 Å². The van der Waals surface area contributed by atoms with E-state index in [1.807, 2.05) is 13.0 Å². The van der Waals surface area contributed by atoms with Crippen LogP contribution >= 0.6 is 11.8 Å². The number of Topliss-reactive ketones (excluding diaryl/α,β-unsaturated/α-hetero) is 1. The third kappa shape index (κ3) is 4.13. The maximum atomic E-state index is 12.4. The minimum atomic E-state index is -0.0700. The molecule has 0 amide bonds. The molecule has 1 aromatic carbocycles. The van der Waals surface area contributed by atoms with Crippen molar-refractivity contribution in [1.29, 1.82) is 0 Å². The van der Waals surface area contributed by atoms with Crippen molar-refractivity contribution in [3.63, 3.8) is 0 Å². The Morgan fingerprint density at radius 2 is 1.78 bits per heavy atom. The number of nitrogens with zero attached hydrogens (tertiary/aromatic N) is 2. The van der Waals surface area contributed by atoms with Gasteiger partial charge in [0.2, 0.25) is 5.75 Å². The molecule has 0 fully saturated rings. The predicted octanol–water partition coefficient (Wildman–Crippen LogP) is 2.79. The summed E-state index contributed by atoms with van der Waals surface area (Å²) in [6.07, 6.45) is 1.68. The molecule has 0 aliphatic heterocycles. The van der Waals surface area contributed by atoms with Crippen LogP contribution in [0.2, 0.25) is 0 Å². The minimum absolute atomic E-state index is 0.0700. The molecular formula is C16H18N2O4S. The zero-order valence-corrected chi connectivity index (χ0v) is 14.3. The minimum Gasteiger partial charge on any atom is -0.493 e. The highest BCUT2D eigenvalue weighted by Gasteiger charge is 2.17. The Balaban J connectivity index is 2.18. The van der Waals surface area contributed by atoms with Gasteiger partial charge in [0.05, 0.1) is 27.1 Å². The van der Waals surface area contributed by atoms with Crippen molar-refractivity contribution in [2.24, 2.45) is 0 Å². The summed E-state index contributed by atoms with van der Waals surface area (Å²) in [7, 11) is 4.55. The topological polar surface area (TPSA) is 70.5 Å². The van der Waals surface area contributed by atoms with E-state index in [4.69, 9.17) is 14.2 Å². The average molecular weight is 334 g/mol. The maximum absolute atomic E-state index is 12.4. The summed E-state index contributed by atoms with van der Waals surface area (Å²) in [6, 6.07) is 5.09. The van der Waals surface area contributed by atoms with Gasteiger partial charge in [-0.25, -0.2) is 9.97 Å². The van der Waals surface area contributed by atoms with Gasteiger partial charge in [-0.3, -0.25) is 4.79 Å². The van der Waals surface area contributed by atoms with Gasteiger partial charge in [-0.1, -0.05) is 11.8 Å². The number of ether oxygens (including phenoxy) is 3. The summed E-state index contributed by atoms with van der Waals surface area (Å²) >= 11 is 1.29. The first-order valence-electron chi connectivity index (χ1n) is 6.84. The zero-order chi connectivity index (χ0) is 16.8. The first-order chi connectivity index (χ1) is 11.1. The second-order valence-electron chi connectivity index (χ2n) is 4.61. The van der Waals surface area contributed by atoms with Crippen molar-refractivity contribution in [2.45, 2.75) is 12.1 Å². The van der Waals surface area contributed by atoms with Crippen LogP contribution in [0.4, 0.5) is 0 Å². The lowest BCUT2D eigenvalue weighted by molar-refractivity contribution is 0.102. The average Bonchev–Trinajstić information content (AvgIpc) is 2.58. The fourth-order valence-corrected chi connectivity index (χ4v) is 2.72. The lowest BCUT2D eigenvalue weighted by atomic mass is 10.1. The fraction of sp³-hybridized carbons (Fsp3) is 0.312. The molecule has 23 heavy (non-hydrogen) atoms. The van der Waals surface area contributed by atoms with E-state index in [9.17, 15) is 4.79 Å². The largest absolute Gasteiger partial charge is 0.493 e. The molecule has 0 atom stereocenters. The lowest BCUT2D eigenvalue weighted by Gasteiger charge is -2.13. The molecule has 6 nitrogen and oxygen atoms in total. The van der Waals surface area contributed by atoms with Crippen molar-refractivity contribution in [2.75, 3.05) is 27.1 Å². The number of carbonyl (C=O) groups is 1. The van der Waals surface area contributed by atoms with Gasteiger partial charge in [0, 0.05) is 17.5 Å². The van der Waals surface area contributed by atoms with Crippen LogP contribution in [0.15, 0.2) is 29.6 Å². The molecule has 2 rings (SSSR count). The van der Waals surface area contributed by atoms with E-state index >= 15 is 0 Å². The molecule has 1 aromatic heterocycles. The Kier molecular flexibility index (Phi) is 5.81. The van der Waals surface area contributed by atoms with Crippen molar-refractivity contribution in [3.05, 3.63) is 35.7 Å². The van der Waals surface area contributed by atoms with Crippen LogP contribution < -0.4 is 14.2 Å². The van der Waals surface area contributed by atoms with E-state index in [0.717, 1.165) is 5.69 Å². The molecule has 7 heteroatoms. The third-order valence-electron chi connectivity index (χ3n) is 3.09. The van der Waals surface area contributed by atoms with Gasteiger partial charge in [0.25, 0.3) is 0 Å². The van der Waals surface area contributed by atoms with Gasteiger partial charge < -0.3 is 14.2 Å². The van der Waals surface area contributed by atoms with Gasteiger partial charge in [-0.05, 0) is 25.1 Å². The van der Waals surface area contributed by atoms with Crippen LogP contribution in [-0.4, -0.2) is 42.8 Å². The van der Waals surface area contributed by atoms with Gasteiger partial charge in [0.1, 0.15) is 0 Å². The molecule has 0 N–H and O–H groups in total. The van der Waals surface area contributed by atoms with Crippen LogP contribution in [0.1, 0.15) is 16.1 Å². The van der Waals surface area contributed by atoms with E-state index < -0.39 is 0 Å². The van der Waals surface area contributed by atoms with Crippen LogP contribution in [0.5, 0.6) is 17.2 Å². The Bertz CT molecular complexity index is 681. The molecular weight excluding hydrogens is 316 g/mol. The Morgan fingerprint density at radius 1 is 1.13 bits per heavy atom. The summed E-state index contributed by atoms with van der Waals surface area (Å²) in [5.41, 5.74) is 1.35. The molecule has 0 saturated carbocycles. The van der Waals surface area contributed by atoms with Crippen LogP contribution in [0.3, 0.4) is 0 Å². The number of thioether (sulfide) groups is 1. The molecule has 0 spiro atoms. The van der Waals surface area contributed by atoms with E-state index in [-0.39, 0.29) is 11.5 Å². The fourth-order valence-electron chi connectivity index (χ4n) is 1.95. The number of benzene rings is 1. The number of carbonyl (C=O) groups excluding carboxylic acids is 1.